The van der Waals surface area contributed by atoms with Crippen LogP contribution in [-0.4, -0.2) is 32.1 Å². The quantitative estimate of drug-likeness (QED) is 0.400. The van der Waals surface area contributed by atoms with Gasteiger partial charge in [-0.15, -0.1) is 0 Å². The zero-order valence-corrected chi connectivity index (χ0v) is 9.56. The summed E-state index contributed by atoms with van der Waals surface area (Å²) in [6, 6.07) is 0. The first-order chi connectivity index (χ1) is 5.85. The van der Waals surface area contributed by atoms with Gasteiger partial charge in [0.05, 0.1) is 13.7 Å². The number of ether oxygens (including phenoxy) is 1. The Hall–Kier alpha value is -0.560. The lowest BCUT2D eigenvalue weighted by Crippen LogP contribution is -2.01. The standard InChI is InChI=1S/C9H17O3P/c1-5-12-9(10)6-8(2)7-13(3,4)11/h6H,5,7H2,1-4H3/b8-6-. The van der Waals surface area contributed by atoms with Crippen LogP contribution in [0.15, 0.2) is 11.6 Å². The Kier molecular flexibility index (Phi) is 5.01. The Morgan fingerprint density at radius 2 is 2.00 bits per heavy atom. The van der Waals surface area contributed by atoms with E-state index in [-0.39, 0.29) is 5.97 Å². The van der Waals surface area contributed by atoms with Crippen LogP contribution in [-0.2, 0) is 14.1 Å². The van der Waals surface area contributed by atoms with Crippen molar-refractivity contribution in [2.75, 3.05) is 26.1 Å². The maximum atomic E-state index is 11.4. The molecule has 0 saturated carbocycles. The molecule has 0 aromatic heterocycles. The van der Waals surface area contributed by atoms with E-state index in [2.05, 4.69) is 0 Å². The van der Waals surface area contributed by atoms with Gasteiger partial charge in [-0.05, 0) is 27.2 Å². The first kappa shape index (κ1) is 12.4. The van der Waals surface area contributed by atoms with Crippen LogP contribution in [0.2, 0.25) is 0 Å². The van der Waals surface area contributed by atoms with Crippen molar-refractivity contribution in [3.8, 4) is 0 Å². The molecule has 0 aromatic rings. The van der Waals surface area contributed by atoms with Gasteiger partial charge >= 0.3 is 5.97 Å². The Balaban J connectivity index is 4.17. The van der Waals surface area contributed by atoms with Gasteiger partial charge in [0.2, 0.25) is 0 Å². The molecule has 0 aromatic carbocycles. The van der Waals surface area contributed by atoms with E-state index >= 15 is 0 Å². The van der Waals surface area contributed by atoms with Crippen LogP contribution >= 0.6 is 7.14 Å². The predicted molar refractivity (Wildman–Crippen MR) is 54.7 cm³/mol. The molecule has 4 heteroatoms. The Bertz CT molecular complexity index is 250. The molecule has 0 aliphatic heterocycles. The molecule has 3 nitrogen and oxygen atoms in total. The largest absolute Gasteiger partial charge is 0.463 e. The number of hydrogen-bond donors (Lipinski definition) is 0. The summed E-state index contributed by atoms with van der Waals surface area (Å²) in [6.45, 7) is 7.33. The second kappa shape index (κ2) is 5.23. The number of rotatable bonds is 4. The SMILES string of the molecule is CCOC(=O)/C=C(/C)CP(C)(C)=O. The summed E-state index contributed by atoms with van der Waals surface area (Å²) in [5.41, 5.74) is 0.812. The van der Waals surface area contributed by atoms with Crippen LogP contribution in [0.5, 0.6) is 0 Å². The molecule has 0 N–H and O–H groups in total. The Labute approximate surface area is 79.5 Å². The fourth-order valence-corrected chi connectivity index (χ4v) is 2.32. The van der Waals surface area contributed by atoms with Gasteiger partial charge in [-0.1, -0.05) is 5.57 Å². The van der Waals surface area contributed by atoms with Crippen molar-refractivity contribution in [3.63, 3.8) is 0 Å². The highest BCUT2D eigenvalue weighted by molar-refractivity contribution is 7.62. The van der Waals surface area contributed by atoms with Crippen molar-refractivity contribution in [2.24, 2.45) is 0 Å². The summed E-state index contributed by atoms with van der Waals surface area (Å²) in [5, 5.41) is 0. The smallest absolute Gasteiger partial charge is 0.330 e. The van der Waals surface area contributed by atoms with Gasteiger partial charge in [-0.25, -0.2) is 4.79 Å². The van der Waals surface area contributed by atoms with Crippen LogP contribution < -0.4 is 0 Å². The zero-order valence-electron chi connectivity index (χ0n) is 8.66. The molecule has 0 bridgehead atoms. The summed E-state index contributed by atoms with van der Waals surface area (Å²) in [5.74, 6) is -0.353. The van der Waals surface area contributed by atoms with Gasteiger partial charge in [-0.2, -0.15) is 0 Å². The Morgan fingerprint density at radius 3 is 2.38 bits per heavy atom. The monoisotopic (exact) mass is 204 g/mol. The van der Waals surface area contributed by atoms with Crippen LogP contribution in [0.1, 0.15) is 13.8 Å². The van der Waals surface area contributed by atoms with Crippen LogP contribution in [0.4, 0.5) is 0 Å². The van der Waals surface area contributed by atoms with Crippen LogP contribution in [0, 0.1) is 0 Å². The lowest BCUT2D eigenvalue weighted by Gasteiger charge is -2.05. The van der Waals surface area contributed by atoms with Gasteiger partial charge in [0.25, 0.3) is 0 Å². The molecule has 0 atom stereocenters. The molecule has 0 spiro atoms. The van der Waals surface area contributed by atoms with Crippen molar-refractivity contribution >= 4 is 13.1 Å². The van der Waals surface area contributed by atoms with E-state index in [1.807, 2.05) is 0 Å². The van der Waals surface area contributed by atoms with Gasteiger partial charge in [0, 0.05) is 12.2 Å². The van der Waals surface area contributed by atoms with E-state index in [9.17, 15) is 9.36 Å². The summed E-state index contributed by atoms with van der Waals surface area (Å²) in [6.07, 6.45) is 1.88. The summed E-state index contributed by atoms with van der Waals surface area (Å²) < 4.78 is 16.1. The number of hydrogen-bond acceptors (Lipinski definition) is 3. The van der Waals surface area contributed by atoms with E-state index < -0.39 is 7.14 Å². The third-order valence-corrected chi connectivity index (χ3v) is 2.54. The second-order valence-electron chi connectivity index (χ2n) is 3.47. The second-order valence-corrected chi connectivity index (χ2v) is 6.94. The highest BCUT2D eigenvalue weighted by Gasteiger charge is 2.08. The number of carbonyl (C=O) groups excluding carboxylic acids is 1. The molecule has 0 rings (SSSR count). The minimum Gasteiger partial charge on any atom is -0.463 e. The van der Waals surface area contributed by atoms with E-state index in [0.29, 0.717) is 12.8 Å². The van der Waals surface area contributed by atoms with E-state index in [4.69, 9.17) is 4.74 Å². The average Bonchev–Trinajstić information content (AvgIpc) is 1.81. The predicted octanol–water partition coefficient (Wildman–Crippen LogP) is 2.12. The first-order valence-corrected chi connectivity index (χ1v) is 7.01. The molecule has 0 saturated heterocycles. The molecule has 0 aliphatic rings. The summed E-state index contributed by atoms with van der Waals surface area (Å²) in [7, 11) is -2.07. The van der Waals surface area contributed by atoms with Gasteiger partial charge in [0.1, 0.15) is 0 Å². The topological polar surface area (TPSA) is 43.4 Å². The van der Waals surface area contributed by atoms with Gasteiger partial charge in [-0.3, -0.25) is 0 Å². The van der Waals surface area contributed by atoms with Gasteiger partial charge < -0.3 is 9.30 Å². The van der Waals surface area contributed by atoms with Crippen molar-refractivity contribution < 1.29 is 14.1 Å². The van der Waals surface area contributed by atoms with E-state index in [0.717, 1.165) is 5.57 Å². The van der Waals surface area contributed by atoms with E-state index in [1.165, 1.54) is 6.08 Å². The van der Waals surface area contributed by atoms with Crippen LogP contribution in [0.3, 0.4) is 0 Å². The molecule has 0 heterocycles. The molecule has 0 fully saturated rings. The molecular weight excluding hydrogens is 187 g/mol. The van der Waals surface area contributed by atoms with Crippen molar-refractivity contribution in [1.82, 2.24) is 0 Å². The van der Waals surface area contributed by atoms with Crippen LogP contribution in [0.25, 0.3) is 0 Å². The average molecular weight is 204 g/mol. The third-order valence-electron chi connectivity index (χ3n) is 1.28. The number of allylic oxidation sites excluding steroid dienone is 1. The highest BCUT2D eigenvalue weighted by atomic mass is 31.2. The zero-order chi connectivity index (χ0) is 10.5. The maximum Gasteiger partial charge on any atom is 0.330 e. The van der Waals surface area contributed by atoms with Crippen molar-refractivity contribution in [3.05, 3.63) is 11.6 Å². The normalized spacial score (nSPS) is 12.8. The molecule has 0 aliphatic carbocycles. The molecule has 0 radical (unpaired) electrons. The van der Waals surface area contributed by atoms with Crippen molar-refractivity contribution in [2.45, 2.75) is 13.8 Å². The third kappa shape index (κ3) is 7.79. The van der Waals surface area contributed by atoms with Crippen molar-refractivity contribution in [1.29, 1.82) is 0 Å². The maximum absolute atomic E-state index is 11.4. The minimum absolute atomic E-state index is 0.353. The van der Waals surface area contributed by atoms with Gasteiger partial charge in [0.15, 0.2) is 0 Å². The minimum atomic E-state index is -2.07. The fourth-order valence-electron chi connectivity index (χ4n) is 1.03. The highest BCUT2D eigenvalue weighted by Crippen LogP contribution is 2.37. The Morgan fingerprint density at radius 1 is 1.46 bits per heavy atom. The molecule has 0 unspecified atom stereocenters. The molecule has 76 valence electrons. The lowest BCUT2D eigenvalue weighted by atomic mass is 10.3. The molecule has 0 amide bonds. The fraction of sp³-hybridized carbons (Fsp3) is 0.667. The number of esters is 1. The number of carbonyl (C=O) groups is 1. The molecule has 13 heavy (non-hydrogen) atoms. The molecular formula is C9H17O3P. The first-order valence-electron chi connectivity index (χ1n) is 4.23. The summed E-state index contributed by atoms with van der Waals surface area (Å²) >= 11 is 0. The lowest BCUT2D eigenvalue weighted by molar-refractivity contribution is -0.137. The van der Waals surface area contributed by atoms with E-state index in [1.54, 1.807) is 27.2 Å². The summed E-state index contributed by atoms with van der Waals surface area (Å²) in [4.78, 5) is 11.0.